The van der Waals surface area contributed by atoms with Crippen LogP contribution in [0.1, 0.15) is 11.3 Å². The summed E-state index contributed by atoms with van der Waals surface area (Å²) >= 11 is 0. The molecule has 0 atom stereocenters. The summed E-state index contributed by atoms with van der Waals surface area (Å²) in [5, 5.41) is 28.1. The molecule has 1 aromatic rings. The summed E-state index contributed by atoms with van der Waals surface area (Å²) in [5.41, 5.74) is 13.0. The summed E-state index contributed by atoms with van der Waals surface area (Å²) in [6.07, 6.45) is 1.58. The van der Waals surface area contributed by atoms with Crippen LogP contribution in [0.5, 0.6) is 0 Å². The number of hydrogen-bond donors (Lipinski definition) is 3. The maximum atomic E-state index is 10.1. The second-order valence-corrected chi connectivity index (χ2v) is 4.21. The molecule has 0 bridgehead atoms. The number of nitrogens with zero attached hydrogens (tertiary/aromatic N) is 3. The number of nitrogens with two attached hydrogens (primary N) is 2. The van der Waals surface area contributed by atoms with Crippen molar-refractivity contribution >= 4 is 5.57 Å². The van der Waals surface area contributed by atoms with E-state index in [9.17, 15) is 5.11 Å². The van der Waals surface area contributed by atoms with Gasteiger partial charge < -0.3 is 16.6 Å². The van der Waals surface area contributed by atoms with Gasteiger partial charge in [-0.05, 0) is 24.6 Å². The second kappa shape index (κ2) is 4.79. The van der Waals surface area contributed by atoms with Crippen LogP contribution >= 0.6 is 0 Å². The summed E-state index contributed by atoms with van der Waals surface area (Å²) in [6, 6.07) is 6.98. The first-order chi connectivity index (χ1) is 9.51. The third kappa shape index (κ3) is 1.86. The van der Waals surface area contributed by atoms with Gasteiger partial charge in [-0.15, -0.1) is 0 Å². The van der Waals surface area contributed by atoms with E-state index in [-0.39, 0.29) is 28.3 Å². The van der Waals surface area contributed by atoms with Gasteiger partial charge in [-0.2, -0.15) is 10.5 Å². The molecule has 1 aliphatic carbocycles. The zero-order valence-corrected chi connectivity index (χ0v) is 10.7. The Morgan fingerprint density at radius 3 is 2.40 bits per heavy atom. The van der Waals surface area contributed by atoms with E-state index in [2.05, 4.69) is 4.98 Å². The molecule has 0 aliphatic heterocycles. The van der Waals surface area contributed by atoms with Gasteiger partial charge in [-0.3, -0.25) is 4.98 Å². The van der Waals surface area contributed by atoms with Crippen LogP contribution in [-0.4, -0.2) is 10.1 Å². The minimum atomic E-state index is -0.143. The highest BCUT2D eigenvalue weighted by Crippen LogP contribution is 2.46. The van der Waals surface area contributed by atoms with Gasteiger partial charge in [0.15, 0.2) is 0 Å². The SMILES string of the molecule is Cc1cc(C2=C(O)C(=C(N)N)C2=C(C#N)C#N)ccn1. The summed E-state index contributed by atoms with van der Waals surface area (Å²) in [7, 11) is 0. The lowest BCUT2D eigenvalue weighted by Crippen LogP contribution is -2.23. The van der Waals surface area contributed by atoms with Crippen LogP contribution in [0.4, 0.5) is 0 Å². The number of aliphatic hydroxyl groups excluding tert-OH is 1. The van der Waals surface area contributed by atoms with E-state index in [0.717, 1.165) is 5.69 Å². The lowest BCUT2D eigenvalue weighted by atomic mass is 9.77. The lowest BCUT2D eigenvalue weighted by molar-refractivity contribution is 0.419. The number of rotatable bonds is 1. The van der Waals surface area contributed by atoms with Crippen molar-refractivity contribution < 1.29 is 5.11 Å². The monoisotopic (exact) mass is 265 g/mol. The summed E-state index contributed by atoms with van der Waals surface area (Å²) in [5.74, 6) is -0.247. The molecular weight excluding hydrogens is 254 g/mol. The Balaban J connectivity index is 2.76. The first-order valence-corrected chi connectivity index (χ1v) is 5.68. The van der Waals surface area contributed by atoms with Crippen LogP contribution in [0.15, 0.2) is 46.6 Å². The number of aliphatic hydroxyl groups is 1. The fraction of sp³-hybridized carbons (Fsp3) is 0.0714. The molecule has 0 unspecified atom stereocenters. The third-order valence-corrected chi connectivity index (χ3v) is 2.92. The van der Waals surface area contributed by atoms with E-state index in [1.54, 1.807) is 37.4 Å². The van der Waals surface area contributed by atoms with Crippen molar-refractivity contribution in [1.82, 2.24) is 4.98 Å². The molecule has 0 amide bonds. The quantitative estimate of drug-likeness (QED) is 0.652. The number of hydrogen-bond acceptors (Lipinski definition) is 6. The first kappa shape index (κ1) is 13.2. The topological polar surface area (TPSA) is 133 Å². The van der Waals surface area contributed by atoms with Gasteiger partial charge in [0.25, 0.3) is 0 Å². The molecule has 1 aromatic heterocycles. The molecule has 0 radical (unpaired) electrons. The molecule has 1 aliphatic rings. The van der Waals surface area contributed by atoms with Crippen LogP contribution in [0.3, 0.4) is 0 Å². The van der Waals surface area contributed by atoms with Gasteiger partial charge in [0.05, 0.1) is 5.57 Å². The Kier molecular flexibility index (Phi) is 3.16. The maximum absolute atomic E-state index is 10.1. The average Bonchev–Trinajstić information content (AvgIpc) is 2.38. The molecular formula is C14H11N5O. The van der Waals surface area contributed by atoms with Gasteiger partial charge in [0.1, 0.15) is 29.3 Å². The number of pyridine rings is 1. The lowest BCUT2D eigenvalue weighted by Gasteiger charge is -2.27. The third-order valence-electron chi connectivity index (χ3n) is 2.92. The smallest absolute Gasteiger partial charge is 0.138 e. The van der Waals surface area contributed by atoms with Crippen molar-refractivity contribution in [3.63, 3.8) is 0 Å². The molecule has 2 rings (SSSR count). The number of allylic oxidation sites excluding steroid dienone is 3. The normalized spacial score (nSPS) is 13.3. The highest BCUT2D eigenvalue weighted by atomic mass is 16.3. The van der Waals surface area contributed by atoms with Crippen molar-refractivity contribution in [1.29, 1.82) is 10.5 Å². The van der Waals surface area contributed by atoms with Crippen molar-refractivity contribution in [3.8, 4) is 12.1 Å². The molecule has 0 aromatic carbocycles. The molecule has 0 saturated carbocycles. The maximum Gasteiger partial charge on any atom is 0.138 e. The predicted molar refractivity (Wildman–Crippen MR) is 72.2 cm³/mol. The van der Waals surface area contributed by atoms with Crippen LogP contribution < -0.4 is 11.5 Å². The van der Waals surface area contributed by atoms with E-state index < -0.39 is 0 Å². The van der Waals surface area contributed by atoms with Crippen molar-refractivity contribution in [3.05, 3.63) is 57.9 Å². The van der Waals surface area contributed by atoms with E-state index in [1.807, 2.05) is 0 Å². The van der Waals surface area contributed by atoms with Crippen LogP contribution in [-0.2, 0) is 0 Å². The fourth-order valence-electron chi connectivity index (χ4n) is 2.07. The Morgan fingerprint density at radius 2 is 1.90 bits per heavy atom. The predicted octanol–water partition coefficient (Wildman–Crippen LogP) is 1.15. The molecule has 98 valence electrons. The van der Waals surface area contributed by atoms with Gasteiger partial charge in [-0.1, -0.05) is 0 Å². The van der Waals surface area contributed by atoms with Gasteiger partial charge >= 0.3 is 0 Å². The van der Waals surface area contributed by atoms with Crippen molar-refractivity contribution in [2.24, 2.45) is 11.5 Å². The second-order valence-electron chi connectivity index (χ2n) is 4.21. The molecule has 6 heteroatoms. The molecule has 0 fully saturated rings. The Morgan fingerprint density at radius 1 is 1.25 bits per heavy atom. The largest absolute Gasteiger partial charge is 0.506 e. The first-order valence-electron chi connectivity index (χ1n) is 5.68. The number of aromatic nitrogens is 1. The zero-order valence-electron chi connectivity index (χ0n) is 10.7. The molecule has 6 nitrogen and oxygen atoms in total. The fourth-order valence-corrected chi connectivity index (χ4v) is 2.07. The van der Waals surface area contributed by atoms with E-state index >= 15 is 0 Å². The molecule has 20 heavy (non-hydrogen) atoms. The van der Waals surface area contributed by atoms with Gasteiger partial charge in [0.2, 0.25) is 0 Å². The number of aryl methyl sites for hydroxylation is 1. The van der Waals surface area contributed by atoms with Gasteiger partial charge in [-0.25, -0.2) is 0 Å². The van der Waals surface area contributed by atoms with Crippen molar-refractivity contribution in [2.45, 2.75) is 6.92 Å². The summed E-state index contributed by atoms with van der Waals surface area (Å²) in [4.78, 5) is 4.06. The summed E-state index contributed by atoms with van der Waals surface area (Å²) in [6.45, 7) is 1.80. The van der Waals surface area contributed by atoms with Gasteiger partial charge in [0, 0.05) is 23.0 Å². The Labute approximate surface area is 115 Å². The zero-order chi connectivity index (χ0) is 14.9. The van der Waals surface area contributed by atoms with Crippen LogP contribution in [0.25, 0.3) is 5.57 Å². The Bertz CT molecular complexity index is 751. The molecule has 0 saturated heterocycles. The minimum absolute atomic E-state index is 0.117. The average molecular weight is 265 g/mol. The molecule has 5 N–H and O–H groups in total. The van der Waals surface area contributed by atoms with E-state index in [1.165, 1.54) is 0 Å². The van der Waals surface area contributed by atoms with Crippen LogP contribution in [0, 0.1) is 29.6 Å². The molecule has 0 spiro atoms. The standard InChI is InChI=1S/C14H11N5O/c1-7-4-8(2-3-19-7)11-10(9(5-15)6-16)12(13(11)20)14(17)18/h2-4,20H,17-18H2,1H3. The summed E-state index contributed by atoms with van der Waals surface area (Å²) < 4.78 is 0. The number of nitriles is 2. The highest BCUT2D eigenvalue weighted by Gasteiger charge is 2.35. The highest BCUT2D eigenvalue weighted by molar-refractivity contribution is 5.99. The van der Waals surface area contributed by atoms with Crippen LogP contribution in [0.2, 0.25) is 0 Å². The Hall–Kier alpha value is -3.25. The van der Waals surface area contributed by atoms with Crippen molar-refractivity contribution in [2.75, 3.05) is 0 Å². The molecule has 1 heterocycles. The van der Waals surface area contributed by atoms with E-state index in [0.29, 0.717) is 11.1 Å². The minimum Gasteiger partial charge on any atom is -0.506 e. The van der Waals surface area contributed by atoms with E-state index in [4.69, 9.17) is 22.0 Å².